The number of halogens is 2. The SMILES string of the molecule is COC(=O)[C@H]1CCCC[C@@H]1NC(=O)Cc1c(C)nn(C(F)F)c1C. The number of amides is 1. The number of hydrogen-bond donors (Lipinski definition) is 1. The van der Waals surface area contributed by atoms with Crippen molar-refractivity contribution < 1.29 is 23.1 Å². The molecule has 6 nitrogen and oxygen atoms in total. The molecular formula is C16H23F2N3O3. The van der Waals surface area contributed by atoms with Crippen LogP contribution in [0.4, 0.5) is 8.78 Å². The van der Waals surface area contributed by atoms with Crippen LogP contribution in [0.5, 0.6) is 0 Å². The van der Waals surface area contributed by atoms with Crippen molar-refractivity contribution in [2.75, 3.05) is 7.11 Å². The minimum absolute atomic E-state index is 0.0330. The minimum atomic E-state index is -2.73. The standard InChI is InChI=1S/C16H23F2N3O3/c1-9-12(10(2)21(20-9)16(17)18)8-14(22)19-13-7-5-4-6-11(13)15(23)24-3/h11,13,16H,4-8H2,1-3H3,(H,19,22)/t11-,13-/m0/s1. The molecule has 8 heteroatoms. The normalized spacial score (nSPS) is 20.9. The monoisotopic (exact) mass is 343 g/mol. The zero-order chi connectivity index (χ0) is 17.9. The predicted molar refractivity (Wildman–Crippen MR) is 82.6 cm³/mol. The number of rotatable bonds is 5. The van der Waals surface area contributed by atoms with Crippen LogP contribution < -0.4 is 5.32 Å². The molecule has 1 heterocycles. The molecule has 0 unspecified atom stereocenters. The van der Waals surface area contributed by atoms with Crippen molar-refractivity contribution >= 4 is 11.9 Å². The van der Waals surface area contributed by atoms with Gasteiger partial charge in [0.15, 0.2) is 0 Å². The van der Waals surface area contributed by atoms with Gasteiger partial charge in [-0.05, 0) is 26.7 Å². The molecule has 0 aromatic carbocycles. The number of methoxy groups -OCH3 is 1. The molecule has 0 bridgehead atoms. The lowest BCUT2D eigenvalue weighted by atomic mass is 9.84. The Labute approximate surface area is 139 Å². The molecule has 0 saturated heterocycles. The zero-order valence-electron chi connectivity index (χ0n) is 14.1. The lowest BCUT2D eigenvalue weighted by Gasteiger charge is -2.30. The number of nitrogens with zero attached hydrogens (tertiary/aromatic N) is 2. The van der Waals surface area contributed by atoms with Gasteiger partial charge >= 0.3 is 12.5 Å². The zero-order valence-corrected chi connectivity index (χ0v) is 14.1. The first kappa shape index (κ1) is 18.4. The second-order valence-corrected chi connectivity index (χ2v) is 6.14. The van der Waals surface area contributed by atoms with E-state index >= 15 is 0 Å². The third-order valence-corrected chi connectivity index (χ3v) is 4.61. The third-order valence-electron chi connectivity index (χ3n) is 4.61. The summed E-state index contributed by atoms with van der Waals surface area (Å²) in [5.41, 5.74) is 1.19. The summed E-state index contributed by atoms with van der Waals surface area (Å²) in [6.45, 7) is 0.390. The Morgan fingerprint density at radius 1 is 1.33 bits per heavy atom. The van der Waals surface area contributed by atoms with Crippen molar-refractivity contribution in [3.63, 3.8) is 0 Å². The number of alkyl halides is 2. The van der Waals surface area contributed by atoms with E-state index in [0.717, 1.165) is 12.8 Å². The first-order valence-corrected chi connectivity index (χ1v) is 8.05. The number of aryl methyl sites for hydroxylation is 1. The summed E-state index contributed by atoms with van der Waals surface area (Å²) in [6, 6.07) is -0.274. The van der Waals surface area contributed by atoms with Crippen LogP contribution in [0, 0.1) is 19.8 Å². The van der Waals surface area contributed by atoms with Crippen molar-refractivity contribution in [2.24, 2.45) is 5.92 Å². The van der Waals surface area contributed by atoms with Gasteiger partial charge in [-0.15, -0.1) is 0 Å². The fourth-order valence-corrected chi connectivity index (χ4v) is 3.30. The van der Waals surface area contributed by atoms with E-state index in [2.05, 4.69) is 10.4 Å². The van der Waals surface area contributed by atoms with Gasteiger partial charge in [-0.25, -0.2) is 4.68 Å². The van der Waals surface area contributed by atoms with E-state index in [1.807, 2.05) is 0 Å². The van der Waals surface area contributed by atoms with Crippen molar-refractivity contribution in [3.8, 4) is 0 Å². The summed E-state index contributed by atoms with van der Waals surface area (Å²) < 4.78 is 31.1. The van der Waals surface area contributed by atoms with Crippen LogP contribution in [-0.2, 0) is 20.7 Å². The highest BCUT2D eigenvalue weighted by molar-refractivity contribution is 5.81. The highest BCUT2D eigenvalue weighted by Gasteiger charge is 2.33. The van der Waals surface area contributed by atoms with Gasteiger partial charge in [-0.2, -0.15) is 13.9 Å². The summed E-state index contributed by atoms with van der Waals surface area (Å²) in [4.78, 5) is 24.2. The van der Waals surface area contributed by atoms with Crippen LogP contribution in [0.3, 0.4) is 0 Å². The Balaban J connectivity index is 2.06. The number of esters is 1. The highest BCUT2D eigenvalue weighted by Crippen LogP contribution is 2.26. The van der Waals surface area contributed by atoms with Crippen molar-refractivity contribution in [1.29, 1.82) is 0 Å². The third kappa shape index (κ3) is 3.91. The Hall–Kier alpha value is -1.99. The number of hydrogen-bond acceptors (Lipinski definition) is 4. The quantitative estimate of drug-likeness (QED) is 0.833. The van der Waals surface area contributed by atoms with Gasteiger partial charge in [0.1, 0.15) is 0 Å². The van der Waals surface area contributed by atoms with Crippen LogP contribution in [0.15, 0.2) is 0 Å². The molecule has 1 saturated carbocycles. The summed E-state index contributed by atoms with van der Waals surface area (Å²) in [5, 5.41) is 6.64. The maximum atomic E-state index is 12.9. The smallest absolute Gasteiger partial charge is 0.333 e. The summed E-state index contributed by atoms with van der Waals surface area (Å²) in [6.07, 6.45) is 3.21. The summed E-state index contributed by atoms with van der Waals surface area (Å²) in [7, 11) is 1.33. The van der Waals surface area contributed by atoms with E-state index in [1.165, 1.54) is 14.0 Å². The number of nitrogens with one attached hydrogen (secondary N) is 1. The molecule has 1 fully saturated rings. The van der Waals surface area contributed by atoms with E-state index in [-0.39, 0.29) is 36.0 Å². The minimum Gasteiger partial charge on any atom is -0.469 e. The van der Waals surface area contributed by atoms with E-state index in [1.54, 1.807) is 6.92 Å². The van der Waals surface area contributed by atoms with Gasteiger partial charge in [-0.3, -0.25) is 9.59 Å². The number of carbonyl (C=O) groups is 2. The molecule has 1 amide bonds. The largest absolute Gasteiger partial charge is 0.469 e. The van der Waals surface area contributed by atoms with Gasteiger partial charge in [0.2, 0.25) is 5.91 Å². The van der Waals surface area contributed by atoms with Gasteiger partial charge in [0, 0.05) is 17.3 Å². The average molecular weight is 343 g/mol. The molecule has 1 N–H and O–H groups in total. The lowest BCUT2D eigenvalue weighted by Crippen LogP contribution is -2.46. The predicted octanol–water partition coefficient (Wildman–Crippen LogP) is 2.29. The molecule has 1 aliphatic rings. The molecule has 2 atom stereocenters. The van der Waals surface area contributed by atoms with Crippen LogP contribution >= 0.6 is 0 Å². The fourth-order valence-electron chi connectivity index (χ4n) is 3.30. The molecule has 0 spiro atoms. The highest BCUT2D eigenvalue weighted by atomic mass is 19.3. The second-order valence-electron chi connectivity index (χ2n) is 6.14. The topological polar surface area (TPSA) is 73.2 Å². The van der Waals surface area contributed by atoms with E-state index in [4.69, 9.17) is 4.74 Å². The summed E-state index contributed by atoms with van der Waals surface area (Å²) in [5.74, 6) is -0.965. The fraction of sp³-hybridized carbons (Fsp3) is 0.688. The molecular weight excluding hydrogens is 320 g/mol. The van der Waals surface area contributed by atoms with Crippen LogP contribution in [-0.4, -0.2) is 34.8 Å². The first-order chi connectivity index (χ1) is 11.3. The summed E-state index contributed by atoms with van der Waals surface area (Å²) >= 11 is 0. The Morgan fingerprint density at radius 3 is 2.58 bits per heavy atom. The number of aromatic nitrogens is 2. The van der Waals surface area contributed by atoms with Crippen LogP contribution in [0.1, 0.15) is 49.2 Å². The van der Waals surface area contributed by atoms with Crippen LogP contribution in [0.2, 0.25) is 0 Å². The lowest BCUT2D eigenvalue weighted by molar-refractivity contribution is -0.147. The molecule has 0 radical (unpaired) electrons. The van der Waals surface area contributed by atoms with Gasteiger partial charge in [-0.1, -0.05) is 12.8 Å². The van der Waals surface area contributed by atoms with Gasteiger partial charge in [0.05, 0.1) is 25.1 Å². The molecule has 2 rings (SSSR count). The molecule has 1 aromatic rings. The Morgan fingerprint density at radius 2 is 2.00 bits per heavy atom. The van der Waals surface area contributed by atoms with E-state index in [0.29, 0.717) is 28.8 Å². The van der Waals surface area contributed by atoms with Gasteiger partial charge in [0.25, 0.3) is 0 Å². The second kappa shape index (κ2) is 7.72. The van der Waals surface area contributed by atoms with Crippen molar-refractivity contribution in [3.05, 3.63) is 17.0 Å². The maximum Gasteiger partial charge on any atom is 0.333 e. The van der Waals surface area contributed by atoms with E-state index < -0.39 is 6.55 Å². The van der Waals surface area contributed by atoms with E-state index in [9.17, 15) is 18.4 Å². The molecule has 134 valence electrons. The Bertz CT molecular complexity index is 616. The van der Waals surface area contributed by atoms with Gasteiger partial charge < -0.3 is 10.1 Å². The Kier molecular flexibility index (Phi) is 5.90. The van der Waals surface area contributed by atoms with Crippen molar-refractivity contribution in [1.82, 2.24) is 15.1 Å². The molecule has 0 aliphatic heterocycles. The number of ether oxygens (including phenoxy) is 1. The maximum absolute atomic E-state index is 12.9. The number of carbonyl (C=O) groups excluding carboxylic acids is 2. The van der Waals surface area contributed by atoms with Crippen LogP contribution in [0.25, 0.3) is 0 Å². The molecule has 1 aliphatic carbocycles. The molecule has 1 aromatic heterocycles. The molecule has 24 heavy (non-hydrogen) atoms. The first-order valence-electron chi connectivity index (χ1n) is 8.05. The van der Waals surface area contributed by atoms with Crippen molar-refractivity contribution in [2.45, 2.75) is 58.5 Å². The average Bonchev–Trinajstić information content (AvgIpc) is 2.83.